The molecule has 1 heteroatoms. The molecule has 0 heterocycles. The van der Waals surface area contributed by atoms with E-state index >= 15 is 0 Å². The van der Waals surface area contributed by atoms with Gasteiger partial charge in [0, 0.05) is 0 Å². The highest BCUT2D eigenvalue weighted by Crippen LogP contribution is 2.35. The van der Waals surface area contributed by atoms with Gasteiger partial charge < -0.3 is 5.32 Å². The average Bonchev–Trinajstić information content (AvgIpc) is 2.99. The standard InChI is InChI=1S/C13H25N/c1-3-4-5-6-7-10-14-11-12(2)13-8-9-13/h3,12-14H,1,4-11H2,2H3. The summed E-state index contributed by atoms with van der Waals surface area (Å²) in [6.45, 7) is 8.54. The molecule has 1 aliphatic rings. The molecule has 0 aromatic rings. The highest BCUT2D eigenvalue weighted by Gasteiger charge is 2.27. The predicted octanol–water partition coefficient (Wildman–Crippen LogP) is 3.37. The molecular weight excluding hydrogens is 170 g/mol. The van der Waals surface area contributed by atoms with Crippen LogP contribution in [0.5, 0.6) is 0 Å². The van der Waals surface area contributed by atoms with Gasteiger partial charge in [-0.25, -0.2) is 0 Å². The van der Waals surface area contributed by atoms with Crippen LogP contribution in [0.1, 0.15) is 45.4 Å². The van der Waals surface area contributed by atoms with Gasteiger partial charge in [-0.15, -0.1) is 6.58 Å². The molecule has 82 valence electrons. The Kier molecular flexibility index (Phi) is 5.93. The van der Waals surface area contributed by atoms with Crippen LogP contribution in [0.25, 0.3) is 0 Å². The van der Waals surface area contributed by atoms with Crippen LogP contribution in [0, 0.1) is 11.8 Å². The maximum Gasteiger partial charge on any atom is -0.00205 e. The molecule has 1 saturated carbocycles. The van der Waals surface area contributed by atoms with Crippen LogP contribution in [-0.2, 0) is 0 Å². The highest BCUT2D eigenvalue weighted by atomic mass is 14.9. The Morgan fingerprint density at radius 1 is 1.36 bits per heavy atom. The zero-order chi connectivity index (χ0) is 10.2. The summed E-state index contributed by atoms with van der Waals surface area (Å²) in [5, 5.41) is 3.56. The van der Waals surface area contributed by atoms with Gasteiger partial charge >= 0.3 is 0 Å². The quantitative estimate of drug-likeness (QED) is 0.439. The lowest BCUT2D eigenvalue weighted by molar-refractivity contribution is 0.456. The van der Waals surface area contributed by atoms with Crippen molar-refractivity contribution in [2.24, 2.45) is 11.8 Å². The lowest BCUT2D eigenvalue weighted by Gasteiger charge is -2.10. The molecule has 0 bridgehead atoms. The van der Waals surface area contributed by atoms with E-state index in [1.165, 1.54) is 51.6 Å². The molecule has 0 spiro atoms. The van der Waals surface area contributed by atoms with E-state index in [2.05, 4.69) is 18.8 Å². The molecule has 1 nitrogen and oxygen atoms in total. The van der Waals surface area contributed by atoms with E-state index in [0.29, 0.717) is 0 Å². The average molecular weight is 195 g/mol. The maximum absolute atomic E-state index is 3.73. The van der Waals surface area contributed by atoms with E-state index in [1.807, 2.05) is 6.08 Å². The molecule has 0 aliphatic heterocycles. The van der Waals surface area contributed by atoms with Crippen molar-refractivity contribution in [2.75, 3.05) is 13.1 Å². The smallest absolute Gasteiger partial charge is 0.00205 e. The fraction of sp³-hybridized carbons (Fsp3) is 0.846. The Morgan fingerprint density at radius 3 is 2.79 bits per heavy atom. The summed E-state index contributed by atoms with van der Waals surface area (Å²) in [5.41, 5.74) is 0. The Hall–Kier alpha value is -0.300. The SMILES string of the molecule is C=CCCCCCNCC(C)C1CC1. The summed E-state index contributed by atoms with van der Waals surface area (Å²) in [5.74, 6) is 1.95. The monoisotopic (exact) mass is 195 g/mol. The van der Waals surface area contributed by atoms with E-state index in [0.717, 1.165) is 11.8 Å². The van der Waals surface area contributed by atoms with Crippen molar-refractivity contribution in [3.8, 4) is 0 Å². The van der Waals surface area contributed by atoms with Crippen LogP contribution < -0.4 is 5.32 Å². The minimum atomic E-state index is 0.906. The van der Waals surface area contributed by atoms with Gasteiger partial charge in [-0.3, -0.25) is 0 Å². The van der Waals surface area contributed by atoms with E-state index in [1.54, 1.807) is 0 Å². The first kappa shape index (κ1) is 11.8. The molecule has 0 aromatic carbocycles. The molecule has 1 fully saturated rings. The Balaban J connectivity index is 1.77. The number of hydrogen-bond donors (Lipinski definition) is 1. The van der Waals surface area contributed by atoms with Crippen molar-refractivity contribution in [3.63, 3.8) is 0 Å². The van der Waals surface area contributed by atoms with Gasteiger partial charge in [0.2, 0.25) is 0 Å². The zero-order valence-corrected chi connectivity index (χ0v) is 9.60. The summed E-state index contributed by atoms with van der Waals surface area (Å²) in [7, 11) is 0. The number of unbranched alkanes of at least 4 members (excludes halogenated alkanes) is 3. The molecule has 1 atom stereocenters. The molecule has 1 aliphatic carbocycles. The first-order valence-corrected chi connectivity index (χ1v) is 6.16. The van der Waals surface area contributed by atoms with Gasteiger partial charge in [0.25, 0.3) is 0 Å². The van der Waals surface area contributed by atoms with Crippen molar-refractivity contribution in [2.45, 2.75) is 45.4 Å². The van der Waals surface area contributed by atoms with E-state index in [-0.39, 0.29) is 0 Å². The fourth-order valence-electron chi connectivity index (χ4n) is 1.88. The van der Waals surface area contributed by atoms with Crippen LogP contribution in [0.3, 0.4) is 0 Å². The number of nitrogens with one attached hydrogen (secondary N) is 1. The van der Waals surface area contributed by atoms with Crippen LogP contribution in [0.2, 0.25) is 0 Å². The lowest BCUT2D eigenvalue weighted by atomic mass is 10.1. The van der Waals surface area contributed by atoms with Crippen LogP contribution >= 0.6 is 0 Å². The van der Waals surface area contributed by atoms with E-state index in [9.17, 15) is 0 Å². The molecule has 0 radical (unpaired) electrons. The molecular formula is C13H25N. The summed E-state index contributed by atoms with van der Waals surface area (Å²) in [6, 6.07) is 0. The first-order valence-electron chi connectivity index (χ1n) is 6.16. The third kappa shape index (κ3) is 5.43. The van der Waals surface area contributed by atoms with Crippen LogP contribution in [-0.4, -0.2) is 13.1 Å². The third-order valence-corrected chi connectivity index (χ3v) is 3.15. The number of allylic oxidation sites excluding steroid dienone is 1. The number of hydrogen-bond acceptors (Lipinski definition) is 1. The topological polar surface area (TPSA) is 12.0 Å². The minimum Gasteiger partial charge on any atom is -0.316 e. The predicted molar refractivity (Wildman–Crippen MR) is 63.4 cm³/mol. The van der Waals surface area contributed by atoms with E-state index in [4.69, 9.17) is 0 Å². The second-order valence-electron chi connectivity index (χ2n) is 4.66. The summed E-state index contributed by atoms with van der Waals surface area (Å²) in [4.78, 5) is 0. The first-order chi connectivity index (χ1) is 6.84. The summed E-state index contributed by atoms with van der Waals surface area (Å²) in [6.07, 6.45) is 10.1. The highest BCUT2D eigenvalue weighted by molar-refractivity contribution is 4.79. The Bertz CT molecular complexity index is 149. The van der Waals surface area contributed by atoms with Gasteiger partial charge in [-0.2, -0.15) is 0 Å². The molecule has 0 saturated heterocycles. The fourth-order valence-corrected chi connectivity index (χ4v) is 1.88. The van der Waals surface area contributed by atoms with Crippen molar-refractivity contribution >= 4 is 0 Å². The van der Waals surface area contributed by atoms with Crippen molar-refractivity contribution in [1.29, 1.82) is 0 Å². The van der Waals surface area contributed by atoms with Gasteiger partial charge in [0.15, 0.2) is 0 Å². The van der Waals surface area contributed by atoms with Gasteiger partial charge in [-0.1, -0.05) is 19.4 Å². The Labute approximate surface area is 89.0 Å². The van der Waals surface area contributed by atoms with Crippen molar-refractivity contribution in [3.05, 3.63) is 12.7 Å². The second kappa shape index (κ2) is 7.05. The van der Waals surface area contributed by atoms with Crippen molar-refractivity contribution in [1.82, 2.24) is 5.32 Å². The Morgan fingerprint density at radius 2 is 2.14 bits per heavy atom. The second-order valence-corrected chi connectivity index (χ2v) is 4.66. The molecule has 1 unspecified atom stereocenters. The maximum atomic E-state index is 3.73. The largest absolute Gasteiger partial charge is 0.316 e. The van der Waals surface area contributed by atoms with Crippen LogP contribution in [0.15, 0.2) is 12.7 Å². The molecule has 0 amide bonds. The lowest BCUT2D eigenvalue weighted by Crippen LogP contribution is -2.23. The van der Waals surface area contributed by atoms with Crippen molar-refractivity contribution < 1.29 is 0 Å². The number of rotatable bonds is 9. The molecule has 1 N–H and O–H groups in total. The summed E-state index contributed by atoms with van der Waals surface area (Å²) >= 11 is 0. The van der Waals surface area contributed by atoms with Gasteiger partial charge in [0.1, 0.15) is 0 Å². The molecule has 1 rings (SSSR count). The zero-order valence-electron chi connectivity index (χ0n) is 9.60. The van der Waals surface area contributed by atoms with Gasteiger partial charge in [-0.05, 0) is 57.0 Å². The minimum absolute atomic E-state index is 0.906. The third-order valence-electron chi connectivity index (χ3n) is 3.15. The summed E-state index contributed by atoms with van der Waals surface area (Å²) < 4.78 is 0. The van der Waals surface area contributed by atoms with Crippen LogP contribution in [0.4, 0.5) is 0 Å². The molecule has 0 aromatic heterocycles. The normalized spacial score (nSPS) is 18.1. The van der Waals surface area contributed by atoms with E-state index < -0.39 is 0 Å². The van der Waals surface area contributed by atoms with Gasteiger partial charge in [0.05, 0.1) is 0 Å². The molecule has 14 heavy (non-hydrogen) atoms.